The van der Waals surface area contributed by atoms with Crippen LogP contribution in [0.3, 0.4) is 0 Å². The molecule has 0 radical (unpaired) electrons. The first kappa shape index (κ1) is 33.5. The number of hydrogen-bond acceptors (Lipinski definition) is 4. The fourth-order valence-corrected chi connectivity index (χ4v) is 9.68. The van der Waals surface area contributed by atoms with Gasteiger partial charge >= 0.3 is 0 Å². The third-order valence-corrected chi connectivity index (χ3v) is 12.9. The minimum Gasteiger partial charge on any atom is -0.309 e. The van der Waals surface area contributed by atoms with Crippen LogP contribution in [0.2, 0.25) is 0 Å². The van der Waals surface area contributed by atoms with Crippen molar-refractivity contribution in [3.8, 4) is 51.0 Å². The molecule has 0 aliphatic carbocycles. The highest BCUT2D eigenvalue weighted by atomic mass is 32.1. The molecule has 0 fully saturated rings. The summed E-state index contributed by atoms with van der Waals surface area (Å²) in [4.78, 5) is 15.7. The molecular formula is C45H33B5N4S. The van der Waals surface area contributed by atoms with E-state index in [-0.39, 0.29) is 0 Å². The molecule has 0 N–H and O–H groups in total. The molecule has 0 aliphatic rings. The van der Waals surface area contributed by atoms with Crippen LogP contribution in [-0.2, 0) is 0 Å². The molecule has 0 aliphatic heterocycles. The maximum Gasteiger partial charge on any atom is 0.164 e. The van der Waals surface area contributed by atoms with Gasteiger partial charge in [-0.3, -0.25) is 0 Å². The number of nitrogens with zero attached hydrogens (tertiary/aromatic N) is 4. The Labute approximate surface area is 328 Å². The van der Waals surface area contributed by atoms with Crippen molar-refractivity contribution in [3.63, 3.8) is 0 Å². The van der Waals surface area contributed by atoms with Crippen LogP contribution in [0.25, 0.3) is 93.0 Å². The third kappa shape index (κ3) is 5.31. The molecule has 4 nitrogen and oxygen atoms in total. The number of benzene rings is 7. The summed E-state index contributed by atoms with van der Waals surface area (Å²) in [5, 5.41) is 4.87. The van der Waals surface area contributed by atoms with Crippen molar-refractivity contribution in [2.75, 3.05) is 0 Å². The Bertz CT molecular complexity index is 3130. The van der Waals surface area contributed by atoms with E-state index in [2.05, 4.69) is 165 Å². The quantitative estimate of drug-likeness (QED) is 0.257. The molecule has 0 saturated heterocycles. The Hall–Kier alpha value is -6.11. The predicted molar refractivity (Wildman–Crippen MR) is 250 cm³/mol. The summed E-state index contributed by atoms with van der Waals surface area (Å²) >= 11 is 1.84. The van der Waals surface area contributed by atoms with Crippen LogP contribution in [0.1, 0.15) is 0 Å². The second-order valence-corrected chi connectivity index (χ2v) is 15.6. The van der Waals surface area contributed by atoms with Crippen LogP contribution in [0.5, 0.6) is 0 Å². The molecule has 0 amide bonds. The van der Waals surface area contributed by atoms with Crippen LogP contribution in [-0.4, -0.2) is 58.8 Å². The Balaban J connectivity index is 1.19. The van der Waals surface area contributed by atoms with Crippen molar-refractivity contribution in [2.24, 2.45) is 0 Å². The van der Waals surface area contributed by atoms with Gasteiger partial charge in [0.25, 0.3) is 0 Å². The number of para-hydroxylation sites is 2. The van der Waals surface area contributed by atoms with Crippen molar-refractivity contribution in [2.45, 2.75) is 0 Å². The van der Waals surface area contributed by atoms with E-state index >= 15 is 0 Å². The van der Waals surface area contributed by atoms with E-state index in [4.69, 9.17) is 15.0 Å². The Morgan fingerprint density at radius 1 is 0.436 bits per heavy atom. The second kappa shape index (κ2) is 13.0. The molecule has 7 aromatic carbocycles. The van der Waals surface area contributed by atoms with Gasteiger partial charge in [0.15, 0.2) is 17.5 Å². The zero-order valence-electron chi connectivity index (χ0n) is 31.5. The Kier molecular flexibility index (Phi) is 7.93. The van der Waals surface area contributed by atoms with Gasteiger partial charge in [0.2, 0.25) is 0 Å². The summed E-state index contributed by atoms with van der Waals surface area (Å²) in [6.45, 7) is 0. The van der Waals surface area contributed by atoms with E-state index in [0.717, 1.165) is 22.4 Å². The predicted octanol–water partition coefficient (Wildman–Crippen LogP) is 3.30. The number of hydrogen-bond donors (Lipinski definition) is 0. The van der Waals surface area contributed by atoms with Crippen LogP contribution in [0, 0.1) is 0 Å². The van der Waals surface area contributed by atoms with E-state index in [0.29, 0.717) is 17.5 Å². The molecule has 10 aromatic rings. The number of aromatic nitrogens is 4. The van der Waals surface area contributed by atoms with Gasteiger partial charge in [-0.25, -0.2) is 15.0 Å². The van der Waals surface area contributed by atoms with Gasteiger partial charge in [-0.1, -0.05) is 114 Å². The molecule has 0 spiro atoms. The summed E-state index contributed by atoms with van der Waals surface area (Å²) in [6.07, 6.45) is 0. The lowest BCUT2D eigenvalue weighted by Gasteiger charge is -2.20. The average Bonchev–Trinajstić information content (AvgIpc) is 3.78. The monoisotopic (exact) mass is 716 g/mol. The smallest absolute Gasteiger partial charge is 0.164 e. The lowest BCUT2D eigenvalue weighted by atomic mass is 9.60. The van der Waals surface area contributed by atoms with Gasteiger partial charge in [-0.15, -0.1) is 27.7 Å². The van der Waals surface area contributed by atoms with Crippen molar-refractivity contribution >= 4 is 120 Å². The molecule has 0 saturated carbocycles. The van der Waals surface area contributed by atoms with Gasteiger partial charge in [-0.2, -0.15) is 0 Å². The zero-order chi connectivity index (χ0) is 37.4. The van der Waals surface area contributed by atoms with E-state index in [1.807, 2.05) is 29.5 Å². The van der Waals surface area contributed by atoms with Crippen molar-refractivity contribution in [1.82, 2.24) is 19.5 Å². The molecule has 0 bridgehead atoms. The number of fused-ring (bicyclic) bond motifs is 6. The molecule has 10 heteroatoms. The second-order valence-electron chi connectivity index (χ2n) is 14.6. The maximum absolute atomic E-state index is 5.32. The molecule has 3 aromatic heterocycles. The average molecular weight is 716 g/mol. The normalized spacial score (nSPS) is 11.6. The minimum absolute atomic E-state index is 0.676. The number of thiophene rings is 1. The first-order valence-corrected chi connectivity index (χ1v) is 19.6. The van der Waals surface area contributed by atoms with Gasteiger partial charge in [0.05, 0.1) is 11.0 Å². The summed E-state index contributed by atoms with van der Waals surface area (Å²) in [5.41, 5.74) is 15.4. The highest BCUT2D eigenvalue weighted by molar-refractivity contribution is 7.26. The summed E-state index contributed by atoms with van der Waals surface area (Å²) < 4.78 is 4.83. The molecule has 55 heavy (non-hydrogen) atoms. The highest BCUT2D eigenvalue weighted by Gasteiger charge is 2.22. The van der Waals surface area contributed by atoms with E-state index in [9.17, 15) is 0 Å². The fraction of sp³-hybridized carbons (Fsp3) is 0. The van der Waals surface area contributed by atoms with Gasteiger partial charge in [-0.05, 0) is 47.5 Å². The molecular weight excluding hydrogens is 683 g/mol. The topological polar surface area (TPSA) is 43.6 Å². The van der Waals surface area contributed by atoms with Gasteiger partial charge in [0, 0.05) is 53.3 Å². The van der Waals surface area contributed by atoms with Gasteiger partial charge in [0.1, 0.15) is 39.2 Å². The van der Waals surface area contributed by atoms with E-state index < -0.39 is 0 Å². The largest absolute Gasteiger partial charge is 0.309 e. The first-order valence-electron chi connectivity index (χ1n) is 18.8. The summed E-state index contributed by atoms with van der Waals surface area (Å²) in [5.74, 6) is 2.07. The molecule has 0 atom stereocenters. The Morgan fingerprint density at radius 2 is 1.04 bits per heavy atom. The standard InChI is InChI=1S/C45H33B5N4S/c46-37-36(38(47)40(49)41(50)39(37)48)45-52-43(24-11-3-1-4-12-24)51-44(53-45)30-18-10-20-34-35(30)29-17-9-16-27(42(29)55-34)25-21-22-33-31(23-25)28-15-7-8-19-32(28)54(33)26-13-5-2-6-14-26/h1-23H,46-50H2. The third-order valence-electron chi connectivity index (χ3n) is 11.7. The summed E-state index contributed by atoms with van der Waals surface area (Å²) in [6, 6.07) is 49.8. The lowest BCUT2D eigenvalue weighted by molar-refractivity contribution is 1.08. The van der Waals surface area contributed by atoms with E-state index in [1.165, 1.54) is 80.4 Å². The van der Waals surface area contributed by atoms with E-state index in [1.54, 1.807) is 0 Å². The van der Waals surface area contributed by atoms with Crippen molar-refractivity contribution in [3.05, 3.63) is 140 Å². The SMILES string of the molecule is Bc1c(B)c(B)c(-c2nc(-c3ccccc3)nc(-c3cccc4sc5c(-c6ccc7c(c6)c6ccccc6n7-c6ccccc6)cccc5c34)n2)c(B)c1B. The molecule has 254 valence electrons. The number of rotatable bonds is 5. The zero-order valence-corrected chi connectivity index (χ0v) is 32.3. The van der Waals surface area contributed by atoms with Crippen LogP contribution >= 0.6 is 11.3 Å². The Morgan fingerprint density at radius 3 is 1.82 bits per heavy atom. The highest BCUT2D eigenvalue weighted by Crippen LogP contribution is 2.44. The molecule has 0 unspecified atom stereocenters. The van der Waals surface area contributed by atoms with Crippen LogP contribution in [0.4, 0.5) is 0 Å². The van der Waals surface area contributed by atoms with Crippen LogP contribution in [0.15, 0.2) is 140 Å². The minimum atomic E-state index is 0.676. The molecule has 10 rings (SSSR count). The molecule has 3 heterocycles. The van der Waals surface area contributed by atoms with Gasteiger partial charge < -0.3 is 4.57 Å². The first-order chi connectivity index (χ1) is 26.9. The lowest BCUT2D eigenvalue weighted by Crippen LogP contribution is -2.55. The van der Waals surface area contributed by atoms with Crippen LogP contribution < -0.4 is 27.3 Å². The fourth-order valence-electron chi connectivity index (χ4n) is 8.42. The maximum atomic E-state index is 5.32. The van der Waals surface area contributed by atoms with Crippen molar-refractivity contribution in [1.29, 1.82) is 0 Å². The summed E-state index contributed by atoms with van der Waals surface area (Å²) in [7, 11) is 11.0. The van der Waals surface area contributed by atoms with Crippen molar-refractivity contribution < 1.29 is 0 Å².